The van der Waals surface area contributed by atoms with Gasteiger partial charge in [0.2, 0.25) is 5.69 Å². The third kappa shape index (κ3) is 4.03. The van der Waals surface area contributed by atoms with E-state index in [1.54, 1.807) is 0 Å². The molecule has 1 aliphatic rings. The highest BCUT2D eigenvalue weighted by Gasteiger charge is 2.34. The average molecular weight is 506 g/mol. The van der Waals surface area contributed by atoms with Gasteiger partial charge in [0, 0.05) is 21.7 Å². The van der Waals surface area contributed by atoms with Crippen LogP contribution in [-0.2, 0) is 19.9 Å². The fourth-order valence-electron chi connectivity index (χ4n) is 6.17. The van der Waals surface area contributed by atoms with E-state index >= 15 is 0 Å². The largest absolute Gasteiger partial charge is 0.240 e. The lowest BCUT2D eigenvalue weighted by atomic mass is 9.82. The van der Waals surface area contributed by atoms with Crippen molar-refractivity contribution >= 4 is 44.2 Å². The monoisotopic (exact) mass is 505 g/mol. The summed E-state index contributed by atoms with van der Waals surface area (Å²) < 4.78 is 2.33. The van der Waals surface area contributed by atoms with Crippen molar-refractivity contribution in [3.63, 3.8) is 0 Å². The minimum atomic E-state index is 0.180. The van der Waals surface area contributed by atoms with Gasteiger partial charge < -0.3 is 0 Å². The third-order valence-electron chi connectivity index (χ3n) is 7.55. The normalized spacial score (nSPS) is 13.5. The quantitative estimate of drug-likeness (QED) is 0.172. The first-order valence-corrected chi connectivity index (χ1v) is 14.2. The molecule has 0 atom stereocenters. The molecular formula is C34H37N2S+. The van der Waals surface area contributed by atoms with Crippen LogP contribution in [0.2, 0.25) is 0 Å². The Morgan fingerprint density at radius 1 is 0.784 bits per heavy atom. The standard InChI is InChI=1S/C34H37N2S/c1-20-22-13-9-10-14-23(22)25(19-34(5,6)7)31-27(20)30-29-24(16-17-36(30)8)28-21(18-33(2,3)4)12-11-15-26(28)35-32(29)37-31/h9-17H,18-19H2,1-8H3/q+1. The zero-order chi connectivity index (χ0) is 26.3. The second kappa shape index (κ2) is 8.30. The predicted octanol–water partition coefficient (Wildman–Crippen LogP) is 8.98. The minimum Gasteiger partial charge on any atom is -0.240 e. The molecule has 0 saturated carbocycles. The Kier molecular flexibility index (Phi) is 5.48. The van der Waals surface area contributed by atoms with Crippen molar-refractivity contribution in [2.75, 3.05) is 0 Å². The van der Waals surface area contributed by atoms with E-state index in [-0.39, 0.29) is 10.8 Å². The van der Waals surface area contributed by atoms with Crippen molar-refractivity contribution in [1.82, 2.24) is 4.98 Å². The molecule has 6 rings (SSSR count). The summed E-state index contributed by atoms with van der Waals surface area (Å²) in [4.78, 5) is 6.75. The first-order valence-electron chi connectivity index (χ1n) is 13.4. The van der Waals surface area contributed by atoms with E-state index in [0.717, 1.165) is 23.4 Å². The fourth-order valence-corrected chi connectivity index (χ4v) is 7.48. The molecule has 3 heteroatoms. The molecule has 37 heavy (non-hydrogen) atoms. The van der Waals surface area contributed by atoms with Gasteiger partial charge in [-0.1, -0.05) is 89.7 Å². The Labute approximate surface area is 225 Å². The van der Waals surface area contributed by atoms with Gasteiger partial charge in [-0.15, -0.1) is 0 Å². The van der Waals surface area contributed by atoms with Crippen LogP contribution in [0.15, 0.2) is 64.6 Å². The van der Waals surface area contributed by atoms with Crippen molar-refractivity contribution in [3.05, 3.63) is 71.4 Å². The predicted molar refractivity (Wildman–Crippen MR) is 159 cm³/mol. The number of hydrogen-bond donors (Lipinski definition) is 0. The summed E-state index contributed by atoms with van der Waals surface area (Å²) in [6.07, 6.45) is 4.31. The summed E-state index contributed by atoms with van der Waals surface area (Å²) >= 11 is 1.89. The van der Waals surface area contributed by atoms with Crippen molar-refractivity contribution in [3.8, 4) is 11.3 Å². The van der Waals surface area contributed by atoms with Gasteiger partial charge in [0.1, 0.15) is 12.1 Å². The van der Waals surface area contributed by atoms with Crippen LogP contribution < -0.4 is 4.57 Å². The molecule has 0 amide bonds. The maximum atomic E-state index is 5.36. The lowest BCUT2D eigenvalue weighted by Gasteiger charge is -2.28. The topological polar surface area (TPSA) is 16.8 Å². The Morgan fingerprint density at radius 3 is 2.19 bits per heavy atom. The SMILES string of the molecule is Cc1c2c(c(CC(C)(C)C)c3ccccc13)Sc1nc3cccc(CC(C)(C)C)c3c3cc[n+](C)c-2c13. The van der Waals surface area contributed by atoms with E-state index in [4.69, 9.17) is 4.98 Å². The zero-order valence-corrected chi connectivity index (χ0v) is 24.2. The van der Waals surface area contributed by atoms with Crippen LogP contribution in [0.25, 0.3) is 43.7 Å². The first kappa shape index (κ1) is 24.4. The highest BCUT2D eigenvalue weighted by Crippen LogP contribution is 2.52. The highest BCUT2D eigenvalue weighted by atomic mass is 32.2. The highest BCUT2D eigenvalue weighted by molar-refractivity contribution is 7.99. The summed E-state index contributed by atoms with van der Waals surface area (Å²) in [6.45, 7) is 16.3. The molecule has 0 fully saturated rings. The van der Waals surface area contributed by atoms with E-state index in [9.17, 15) is 0 Å². The van der Waals surface area contributed by atoms with Crippen molar-refractivity contribution in [2.24, 2.45) is 17.9 Å². The molecule has 0 unspecified atom stereocenters. The Hall–Kier alpha value is -2.91. The molecule has 5 aromatic rings. The molecule has 1 aliphatic heterocycles. The third-order valence-corrected chi connectivity index (χ3v) is 8.70. The average Bonchev–Trinajstić information content (AvgIpc) is 2.81. The number of aryl methyl sites for hydroxylation is 2. The molecule has 0 spiro atoms. The number of fused-ring (bicyclic) bond motifs is 5. The van der Waals surface area contributed by atoms with Crippen LogP contribution in [0.3, 0.4) is 0 Å². The summed E-state index contributed by atoms with van der Waals surface area (Å²) in [6, 6.07) is 18.0. The smallest absolute Gasteiger partial charge is 0.224 e. The second-order valence-corrected chi connectivity index (χ2v) is 14.2. The van der Waals surface area contributed by atoms with Crippen LogP contribution in [0.1, 0.15) is 58.2 Å². The van der Waals surface area contributed by atoms with Crippen molar-refractivity contribution in [2.45, 2.75) is 71.2 Å². The maximum absolute atomic E-state index is 5.36. The fraction of sp³-hybridized carbons (Fsp3) is 0.353. The molecule has 2 aromatic heterocycles. The number of aromatic nitrogens is 2. The van der Waals surface area contributed by atoms with Crippen LogP contribution in [-0.4, -0.2) is 4.98 Å². The van der Waals surface area contributed by atoms with E-state index < -0.39 is 0 Å². The van der Waals surface area contributed by atoms with Gasteiger partial charge in [0.05, 0.1) is 16.5 Å². The van der Waals surface area contributed by atoms with Crippen molar-refractivity contribution in [1.29, 1.82) is 0 Å². The summed E-state index contributed by atoms with van der Waals surface area (Å²) in [7, 11) is 2.20. The number of hydrogen-bond acceptors (Lipinski definition) is 2. The molecule has 3 heterocycles. The van der Waals surface area contributed by atoms with Crippen LogP contribution >= 0.6 is 11.8 Å². The molecule has 0 aliphatic carbocycles. The number of rotatable bonds is 2. The minimum absolute atomic E-state index is 0.180. The van der Waals surface area contributed by atoms with Gasteiger partial charge in [-0.05, 0) is 64.1 Å². The Morgan fingerprint density at radius 2 is 1.49 bits per heavy atom. The molecule has 0 N–H and O–H groups in total. The Balaban J connectivity index is 1.77. The van der Waals surface area contributed by atoms with Gasteiger partial charge in [0.15, 0.2) is 6.20 Å². The number of benzene rings is 3. The first-order chi connectivity index (χ1) is 17.4. The number of pyridine rings is 2. The van der Waals surface area contributed by atoms with Gasteiger partial charge >= 0.3 is 0 Å². The van der Waals surface area contributed by atoms with E-state index in [2.05, 4.69) is 115 Å². The molecule has 0 radical (unpaired) electrons. The molecule has 2 nitrogen and oxygen atoms in total. The molecule has 188 valence electrons. The van der Waals surface area contributed by atoms with Gasteiger partial charge in [-0.25, -0.2) is 9.55 Å². The van der Waals surface area contributed by atoms with E-state index in [1.807, 2.05) is 11.8 Å². The lowest BCUT2D eigenvalue weighted by Crippen LogP contribution is -2.32. The summed E-state index contributed by atoms with van der Waals surface area (Å²) in [5.74, 6) is 0. The van der Waals surface area contributed by atoms with Gasteiger partial charge in [-0.2, -0.15) is 0 Å². The number of nitrogens with zero attached hydrogens (tertiary/aromatic N) is 2. The van der Waals surface area contributed by atoms with Gasteiger partial charge in [0.25, 0.3) is 0 Å². The molecule has 0 saturated heterocycles. The zero-order valence-electron chi connectivity index (χ0n) is 23.4. The maximum Gasteiger partial charge on any atom is 0.224 e. The van der Waals surface area contributed by atoms with E-state index in [0.29, 0.717) is 0 Å². The van der Waals surface area contributed by atoms with E-state index in [1.165, 1.54) is 59.8 Å². The lowest BCUT2D eigenvalue weighted by molar-refractivity contribution is -0.659. The Bertz CT molecular complexity index is 1730. The molecule has 3 aromatic carbocycles. The van der Waals surface area contributed by atoms with Crippen molar-refractivity contribution < 1.29 is 4.57 Å². The molecular weight excluding hydrogens is 468 g/mol. The summed E-state index contributed by atoms with van der Waals surface area (Å²) in [5, 5.41) is 7.83. The molecule has 0 bridgehead atoms. The summed E-state index contributed by atoms with van der Waals surface area (Å²) in [5.41, 5.74) is 8.40. The van der Waals surface area contributed by atoms with Crippen LogP contribution in [0.5, 0.6) is 0 Å². The van der Waals surface area contributed by atoms with Crippen LogP contribution in [0, 0.1) is 17.8 Å². The second-order valence-electron chi connectivity index (χ2n) is 13.2. The van der Waals surface area contributed by atoms with Crippen LogP contribution in [0.4, 0.5) is 0 Å². The van der Waals surface area contributed by atoms with Gasteiger partial charge in [-0.3, -0.25) is 0 Å².